The van der Waals surface area contributed by atoms with Crippen molar-refractivity contribution in [1.29, 1.82) is 0 Å². The minimum Gasteiger partial charge on any atom is -0.507 e. The number of nitroso groups, excluding NO2 is 1. The number of phenolic OH excluding ortho intramolecular Hbond substituents is 1. The van der Waals surface area contributed by atoms with Crippen molar-refractivity contribution in [2.24, 2.45) is 16.0 Å². The van der Waals surface area contributed by atoms with E-state index in [0.29, 0.717) is 11.3 Å². The molecule has 0 aromatic heterocycles. The Morgan fingerprint density at radius 3 is 2.74 bits per heavy atom. The van der Waals surface area contributed by atoms with E-state index in [-0.39, 0.29) is 11.4 Å². The molecule has 0 saturated carbocycles. The van der Waals surface area contributed by atoms with Crippen LogP contribution in [0, 0.1) is 4.91 Å². The van der Waals surface area contributed by atoms with Crippen molar-refractivity contribution in [3.63, 3.8) is 0 Å². The van der Waals surface area contributed by atoms with Gasteiger partial charge in [-0.25, -0.2) is 0 Å². The zero-order valence-electron chi connectivity index (χ0n) is 9.95. The van der Waals surface area contributed by atoms with Crippen molar-refractivity contribution in [2.45, 2.75) is 0 Å². The van der Waals surface area contributed by atoms with Crippen LogP contribution in [0.25, 0.3) is 0 Å². The largest absolute Gasteiger partial charge is 0.507 e. The third-order valence-corrected chi connectivity index (χ3v) is 2.48. The van der Waals surface area contributed by atoms with Gasteiger partial charge in [-0.2, -0.15) is 0 Å². The van der Waals surface area contributed by atoms with Crippen LogP contribution in [-0.4, -0.2) is 11.3 Å². The zero-order chi connectivity index (χ0) is 13.7. The number of nitrogens with two attached hydrogens (primary N) is 1. The summed E-state index contributed by atoms with van der Waals surface area (Å²) in [6.07, 6.45) is 1.46. The van der Waals surface area contributed by atoms with Gasteiger partial charge >= 0.3 is 0 Å². The Balaban J connectivity index is 2.28. The highest BCUT2D eigenvalue weighted by atomic mass is 16.3. The smallest absolute Gasteiger partial charge is 0.124 e. The van der Waals surface area contributed by atoms with E-state index in [1.54, 1.807) is 24.3 Å². The highest BCUT2D eigenvalue weighted by Gasteiger charge is 2.00. The van der Waals surface area contributed by atoms with E-state index in [4.69, 9.17) is 5.84 Å². The maximum atomic E-state index is 10.4. The maximum Gasteiger partial charge on any atom is 0.124 e. The number of rotatable bonds is 4. The Morgan fingerprint density at radius 2 is 2.00 bits per heavy atom. The molecule has 96 valence electrons. The first-order valence-electron chi connectivity index (χ1n) is 5.50. The first kappa shape index (κ1) is 12.7. The maximum absolute atomic E-state index is 10.4. The lowest BCUT2D eigenvalue weighted by atomic mass is 10.2. The summed E-state index contributed by atoms with van der Waals surface area (Å²) in [5.74, 6) is 5.33. The van der Waals surface area contributed by atoms with E-state index in [0.717, 1.165) is 5.69 Å². The number of anilines is 1. The number of nitrogens with one attached hydrogen (secondary N) is 1. The second-order valence-corrected chi connectivity index (χ2v) is 3.79. The molecule has 0 radical (unpaired) electrons. The average Bonchev–Trinajstić information content (AvgIpc) is 2.46. The Bertz CT molecular complexity index is 626. The van der Waals surface area contributed by atoms with Crippen LogP contribution in [0.5, 0.6) is 5.75 Å². The molecule has 6 nitrogen and oxygen atoms in total. The van der Waals surface area contributed by atoms with Gasteiger partial charge in [0.05, 0.1) is 11.4 Å². The highest BCUT2D eigenvalue weighted by molar-refractivity contribution is 5.86. The van der Waals surface area contributed by atoms with Gasteiger partial charge in [-0.05, 0) is 41.6 Å². The molecule has 0 bridgehead atoms. The van der Waals surface area contributed by atoms with Crippen molar-refractivity contribution in [2.75, 3.05) is 5.43 Å². The van der Waals surface area contributed by atoms with E-state index in [1.165, 1.54) is 24.4 Å². The van der Waals surface area contributed by atoms with Crippen LogP contribution in [0.4, 0.5) is 17.1 Å². The molecule has 6 heteroatoms. The molecule has 4 N–H and O–H groups in total. The van der Waals surface area contributed by atoms with Gasteiger partial charge in [0, 0.05) is 11.8 Å². The summed E-state index contributed by atoms with van der Waals surface area (Å²) < 4.78 is 0. The molecule has 0 aliphatic rings. The Labute approximate surface area is 109 Å². The molecular formula is C13H12N4O2. The zero-order valence-corrected chi connectivity index (χ0v) is 9.95. The second-order valence-electron chi connectivity index (χ2n) is 3.79. The van der Waals surface area contributed by atoms with Gasteiger partial charge in [0.1, 0.15) is 11.4 Å². The lowest BCUT2D eigenvalue weighted by molar-refractivity contribution is 0.474. The van der Waals surface area contributed by atoms with E-state index in [1.807, 2.05) is 0 Å². The summed E-state index contributed by atoms with van der Waals surface area (Å²) in [5, 5.41) is 12.4. The van der Waals surface area contributed by atoms with E-state index in [2.05, 4.69) is 15.6 Å². The summed E-state index contributed by atoms with van der Waals surface area (Å²) in [6, 6.07) is 11.4. The topological polar surface area (TPSA) is 100 Å². The van der Waals surface area contributed by atoms with Crippen LogP contribution >= 0.6 is 0 Å². The number of benzene rings is 2. The predicted molar refractivity (Wildman–Crippen MR) is 75.1 cm³/mol. The number of hydrazine groups is 1. The quantitative estimate of drug-likeness (QED) is 0.339. The van der Waals surface area contributed by atoms with E-state index in [9.17, 15) is 10.0 Å². The van der Waals surface area contributed by atoms with Gasteiger partial charge in [-0.3, -0.25) is 10.8 Å². The number of nitrogen functional groups attached to an aromatic ring is 1. The van der Waals surface area contributed by atoms with Crippen molar-refractivity contribution < 1.29 is 5.11 Å². The molecule has 2 aromatic carbocycles. The van der Waals surface area contributed by atoms with Crippen molar-refractivity contribution in [3.8, 4) is 5.75 Å². The normalized spacial score (nSPS) is 10.6. The number of nitrogens with zero attached hydrogens (tertiary/aromatic N) is 2. The second kappa shape index (κ2) is 5.74. The van der Waals surface area contributed by atoms with Gasteiger partial charge < -0.3 is 10.5 Å². The lowest BCUT2D eigenvalue weighted by Gasteiger charge is -2.01. The van der Waals surface area contributed by atoms with E-state index < -0.39 is 0 Å². The third kappa shape index (κ3) is 3.14. The SMILES string of the molecule is NNc1cccc(N=Cc2cc(N=O)ccc2O)c1. The molecule has 0 amide bonds. The molecule has 2 rings (SSSR count). The summed E-state index contributed by atoms with van der Waals surface area (Å²) in [7, 11) is 0. The van der Waals surface area contributed by atoms with Crippen LogP contribution in [0.2, 0.25) is 0 Å². The predicted octanol–water partition coefficient (Wildman–Crippen LogP) is 2.83. The van der Waals surface area contributed by atoms with Crippen LogP contribution in [0.1, 0.15) is 5.56 Å². The fourth-order valence-electron chi connectivity index (χ4n) is 1.52. The van der Waals surface area contributed by atoms with E-state index >= 15 is 0 Å². The Morgan fingerprint density at radius 1 is 1.16 bits per heavy atom. The van der Waals surface area contributed by atoms with Gasteiger partial charge in [-0.15, -0.1) is 4.91 Å². The number of aromatic hydroxyl groups is 1. The fraction of sp³-hybridized carbons (Fsp3) is 0. The molecule has 0 saturated heterocycles. The summed E-state index contributed by atoms with van der Waals surface area (Å²) in [5.41, 5.74) is 4.56. The summed E-state index contributed by atoms with van der Waals surface area (Å²) >= 11 is 0. The molecule has 0 atom stereocenters. The number of hydrogen-bond acceptors (Lipinski definition) is 6. The minimum absolute atomic E-state index is 0.0317. The van der Waals surface area contributed by atoms with Crippen molar-refractivity contribution >= 4 is 23.3 Å². The first-order valence-corrected chi connectivity index (χ1v) is 5.50. The van der Waals surface area contributed by atoms with Gasteiger partial charge in [0.25, 0.3) is 0 Å². The number of aliphatic imine (C=N–C) groups is 1. The van der Waals surface area contributed by atoms with Crippen LogP contribution in [0.15, 0.2) is 52.6 Å². The third-order valence-electron chi connectivity index (χ3n) is 2.48. The molecular weight excluding hydrogens is 244 g/mol. The minimum atomic E-state index is 0.0317. The van der Waals surface area contributed by atoms with Crippen molar-refractivity contribution in [3.05, 3.63) is 52.9 Å². The molecule has 19 heavy (non-hydrogen) atoms. The van der Waals surface area contributed by atoms with Crippen LogP contribution in [0.3, 0.4) is 0 Å². The number of phenols is 1. The molecule has 0 aliphatic heterocycles. The number of hydrogen-bond donors (Lipinski definition) is 3. The van der Waals surface area contributed by atoms with Gasteiger partial charge in [-0.1, -0.05) is 6.07 Å². The van der Waals surface area contributed by atoms with Gasteiger partial charge in [0.15, 0.2) is 0 Å². The fourth-order valence-corrected chi connectivity index (χ4v) is 1.52. The molecule has 0 fully saturated rings. The Hall–Kier alpha value is -2.73. The van der Waals surface area contributed by atoms with Crippen LogP contribution in [-0.2, 0) is 0 Å². The molecule has 0 aliphatic carbocycles. The molecule has 0 spiro atoms. The van der Waals surface area contributed by atoms with Crippen LogP contribution < -0.4 is 11.3 Å². The summed E-state index contributed by atoms with van der Waals surface area (Å²) in [4.78, 5) is 14.6. The summed E-state index contributed by atoms with van der Waals surface area (Å²) in [6.45, 7) is 0. The highest BCUT2D eigenvalue weighted by Crippen LogP contribution is 2.23. The molecule has 0 unspecified atom stereocenters. The Kier molecular flexibility index (Phi) is 3.84. The molecule has 0 heterocycles. The monoisotopic (exact) mass is 256 g/mol. The lowest BCUT2D eigenvalue weighted by Crippen LogP contribution is -2.05. The van der Waals surface area contributed by atoms with Gasteiger partial charge in [0.2, 0.25) is 0 Å². The average molecular weight is 256 g/mol. The first-order chi connectivity index (χ1) is 9.22. The molecule has 2 aromatic rings. The van der Waals surface area contributed by atoms with Crippen molar-refractivity contribution in [1.82, 2.24) is 0 Å². The standard InChI is InChI=1S/C13H12N4O2/c14-16-11-3-1-2-10(7-11)15-8-9-6-12(17-19)4-5-13(9)18/h1-8,16,18H,14H2.